The summed E-state index contributed by atoms with van der Waals surface area (Å²) < 4.78 is 82.8. The smallest absolute Gasteiger partial charge is 0.390 e. The van der Waals surface area contributed by atoms with Gasteiger partial charge in [-0.25, -0.2) is 9.59 Å². The zero-order chi connectivity index (χ0) is 32.1. The van der Waals surface area contributed by atoms with Gasteiger partial charge >= 0.3 is 44.4 Å². The van der Waals surface area contributed by atoms with Crippen molar-refractivity contribution >= 4 is 33.0 Å². The third-order valence-corrected chi connectivity index (χ3v) is 9.84. The summed E-state index contributed by atoms with van der Waals surface area (Å²) in [6.07, 6.45) is -7.34. The van der Waals surface area contributed by atoms with Crippen LogP contribution < -0.4 is 22.5 Å². The molecule has 2 aromatic heterocycles. The summed E-state index contributed by atoms with van der Waals surface area (Å²) in [5.74, 6) is 0. The molecule has 0 aromatic carbocycles. The van der Waals surface area contributed by atoms with Gasteiger partial charge in [-0.3, -0.25) is 28.7 Å². The maximum atomic E-state index is 11.9. The van der Waals surface area contributed by atoms with Crippen molar-refractivity contribution in [3.05, 3.63) is 66.2 Å². The summed E-state index contributed by atoms with van der Waals surface area (Å²) in [6.45, 7) is -1.29. The number of aromatic nitrogens is 4. The fourth-order valence-corrected chi connectivity index (χ4v) is 6.92. The van der Waals surface area contributed by atoms with Gasteiger partial charge in [0.15, 0.2) is 19.2 Å². The maximum Gasteiger partial charge on any atom is 0.798 e. The number of nitrogens with one attached hydrogen (secondary N) is 2. The van der Waals surface area contributed by atoms with E-state index >= 15 is 0 Å². The lowest BCUT2D eigenvalue weighted by Crippen LogP contribution is -2.37. The third kappa shape index (κ3) is 8.75. The summed E-state index contributed by atoms with van der Waals surface area (Å²) >= 11 is 0. The van der Waals surface area contributed by atoms with Crippen molar-refractivity contribution in [1.29, 1.82) is 0 Å². The maximum absolute atomic E-state index is 11.9. The monoisotopic (exact) mass is 706 g/mol. The molecular formula is C18H22N4O18P4+4. The molecule has 5 N–H and O–H groups in total. The van der Waals surface area contributed by atoms with Gasteiger partial charge in [-0.1, -0.05) is 0 Å². The molecule has 0 radical (unpaired) electrons. The Morgan fingerprint density at radius 1 is 0.727 bits per heavy atom. The molecule has 2 fully saturated rings. The molecule has 238 valence electrons. The average molecular weight is 706 g/mol. The van der Waals surface area contributed by atoms with E-state index in [0.717, 1.165) is 33.7 Å². The van der Waals surface area contributed by atoms with Crippen molar-refractivity contribution in [2.45, 2.75) is 49.4 Å². The normalized spacial score (nSPS) is 28.1. The Labute approximate surface area is 246 Å². The fourth-order valence-electron chi connectivity index (χ4n) is 3.92. The van der Waals surface area contributed by atoms with Crippen LogP contribution >= 0.6 is 33.0 Å². The highest BCUT2D eigenvalue weighted by Crippen LogP contribution is 2.51. The number of H-pyrrole nitrogens is 2. The first-order chi connectivity index (χ1) is 20.8. The quantitative estimate of drug-likeness (QED) is 0.148. The van der Waals surface area contributed by atoms with Crippen molar-refractivity contribution in [1.82, 2.24) is 19.1 Å². The van der Waals surface area contributed by atoms with Crippen molar-refractivity contribution < 1.29 is 65.0 Å². The number of aromatic amines is 2. The lowest BCUT2D eigenvalue weighted by atomic mass is 10.1. The number of aliphatic hydroxyl groups excluding tert-OH is 3. The van der Waals surface area contributed by atoms with Crippen molar-refractivity contribution in [3.63, 3.8) is 0 Å². The lowest BCUT2D eigenvalue weighted by Gasteiger charge is -2.16. The second-order valence-electron chi connectivity index (χ2n) is 8.74. The number of ether oxygens (including phenoxy) is 2. The van der Waals surface area contributed by atoms with E-state index in [2.05, 4.69) is 12.9 Å². The summed E-state index contributed by atoms with van der Waals surface area (Å²) in [6, 6.07) is 2.04. The molecule has 2 aromatic rings. The third-order valence-electron chi connectivity index (χ3n) is 5.92. The first-order valence-corrected chi connectivity index (χ1v) is 16.4. The van der Waals surface area contributed by atoms with Crippen LogP contribution in [-0.4, -0.2) is 78.2 Å². The van der Waals surface area contributed by atoms with Crippen LogP contribution in [0.25, 0.3) is 0 Å². The van der Waals surface area contributed by atoms with E-state index in [4.69, 9.17) is 18.5 Å². The van der Waals surface area contributed by atoms with Gasteiger partial charge < -0.3 is 24.8 Å². The zero-order valence-electron chi connectivity index (χ0n) is 21.6. The van der Waals surface area contributed by atoms with Gasteiger partial charge in [0.25, 0.3) is 11.1 Å². The van der Waals surface area contributed by atoms with Crippen LogP contribution in [0.4, 0.5) is 0 Å². The van der Waals surface area contributed by atoms with Crippen LogP contribution in [0.15, 0.2) is 43.7 Å². The van der Waals surface area contributed by atoms with Crippen molar-refractivity contribution in [2.75, 3.05) is 13.2 Å². The number of hydrogen-bond acceptors (Lipinski definition) is 18. The van der Waals surface area contributed by atoms with Crippen LogP contribution in [0.2, 0.25) is 0 Å². The van der Waals surface area contributed by atoms with E-state index in [1.165, 1.54) is 0 Å². The highest BCUT2D eigenvalue weighted by molar-refractivity contribution is 7.56. The van der Waals surface area contributed by atoms with Crippen LogP contribution in [0.5, 0.6) is 0 Å². The molecule has 26 heteroatoms. The summed E-state index contributed by atoms with van der Waals surface area (Å²) in [7, 11) is -13.4. The Morgan fingerprint density at radius 2 is 1.23 bits per heavy atom. The summed E-state index contributed by atoms with van der Waals surface area (Å²) in [5, 5.41) is 30.4. The Hall–Kier alpha value is -2.64. The SMILES string of the molecule is O=c1ccn([C@@H]2C[C@@H](O)[C@H](CO[P+](=O)O[P+](=O)O[P+](=O)O[P+](=O)OC[C@H]3O[C@@H](n4ccc(=O)[nH]c4=O)[C@H](O)[C@@H]3O)O2)c(=O)[nH]1. The minimum Gasteiger partial charge on any atom is -0.390 e. The largest absolute Gasteiger partial charge is 0.798 e. The molecule has 2 saturated heterocycles. The van der Waals surface area contributed by atoms with Gasteiger partial charge in [-0.05, 0) is 0 Å². The molecule has 11 atom stereocenters. The summed E-state index contributed by atoms with van der Waals surface area (Å²) in [5.41, 5.74) is -3.09. The molecule has 0 amide bonds. The lowest BCUT2D eigenvalue weighted by molar-refractivity contribution is -0.0516. The first kappa shape index (κ1) is 34.2. The van der Waals surface area contributed by atoms with Crippen LogP contribution in [0.3, 0.4) is 0 Å². The van der Waals surface area contributed by atoms with Gasteiger partial charge in [0.2, 0.25) is 0 Å². The van der Waals surface area contributed by atoms with Gasteiger partial charge in [-0.15, -0.1) is 9.05 Å². The predicted molar refractivity (Wildman–Crippen MR) is 139 cm³/mol. The first-order valence-electron chi connectivity index (χ1n) is 12.0. The number of nitrogens with zero attached hydrogens (tertiary/aromatic N) is 2. The highest BCUT2D eigenvalue weighted by Gasteiger charge is 2.56. The highest BCUT2D eigenvalue weighted by atomic mass is 31.2. The van der Waals surface area contributed by atoms with Gasteiger partial charge in [0.1, 0.15) is 43.9 Å². The van der Waals surface area contributed by atoms with E-state index < -0.39 is 112 Å². The molecule has 0 spiro atoms. The number of rotatable bonds is 14. The number of hydrogen-bond donors (Lipinski definition) is 5. The molecule has 2 aliphatic rings. The molecule has 0 saturated carbocycles. The van der Waals surface area contributed by atoms with E-state index in [0.29, 0.717) is 0 Å². The average Bonchev–Trinajstić information content (AvgIpc) is 3.44. The van der Waals surface area contributed by atoms with Crippen molar-refractivity contribution in [2.24, 2.45) is 0 Å². The topological polar surface area (TPSA) is 303 Å². The Balaban J connectivity index is 1.16. The Kier molecular flexibility index (Phi) is 11.7. The zero-order valence-corrected chi connectivity index (χ0v) is 25.2. The molecular weight excluding hydrogens is 684 g/mol. The molecule has 0 bridgehead atoms. The van der Waals surface area contributed by atoms with Gasteiger partial charge in [0.05, 0.1) is 6.10 Å². The Bertz CT molecular complexity index is 1660. The standard InChI is InChI=1S/C18H20N4O18P4/c23-8-5-13(21-3-1-11(24)19-17(21)28)36-9(8)6-34-41(30)38-43(32)40-44(33)39-42(31)35-7-10-14(26)15(27)16(37-10)22-4-2-12(25)20-18(22)29/h1-4,8-10,13-16,23,26-27H,5-7H2/q+2/p+2/t8-,9+,10-,13+,14-,15-,16-/m1/s1. The van der Waals surface area contributed by atoms with Gasteiger partial charge in [-0.2, -0.15) is 0 Å². The van der Waals surface area contributed by atoms with E-state index in [1.807, 2.05) is 9.97 Å². The van der Waals surface area contributed by atoms with Crippen molar-refractivity contribution in [3.8, 4) is 0 Å². The van der Waals surface area contributed by atoms with E-state index in [9.17, 15) is 52.8 Å². The van der Waals surface area contributed by atoms with Gasteiger partial charge in [0, 0.05) is 49.2 Å². The predicted octanol–water partition coefficient (Wildman–Crippen LogP) is -0.933. The van der Waals surface area contributed by atoms with E-state index in [-0.39, 0.29) is 6.42 Å². The second kappa shape index (κ2) is 15.1. The minimum atomic E-state index is -3.45. The second-order valence-corrected chi connectivity index (χ2v) is 13.0. The molecule has 4 rings (SSSR count). The molecule has 22 nitrogen and oxygen atoms in total. The van der Waals surface area contributed by atoms with Crippen LogP contribution in [0, 0.1) is 0 Å². The molecule has 2 aliphatic heterocycles. The molecule has 0 aliphatic carbocycles. The molecule has 44 heavy (non-hydrogen) atoms. The van der Waals surface area contributed by atoms with Crippen LogP contribution in [-0.2, 0) is 49.7 Å². The summed E-state index contributed by atoms with van der Waals surface area (Å²) in [4.78, 5) is 50.2. The minimum absolute atomic E-state index is 0.0881. The fraction of sp³-hybridized carbons (Fsp3) is 0.556. The molecule has 4 unspecified atom stereocenters. The van der Waals surface area contributed by atoms with E-state index in [1.54, 1.807) is 0 Å². The van der Waals surface area contributed by atoms with Crippen LogP contribution in [0.1, 0.15) is 18.9 Å². The Morgan fingerprint density at radius 3 is 1.77 bits per heavy atom. The molecule has 4 heterocycles. The number of aliphatic hydroxyl groups is 3.